The van der Waals surface area contributed by atoms with E-state index >= 15 is 0 Å². The molecule has 0 aliphatic heterocycles. The molecule has 0 bridgehead atoms. The Morgan fingerprint density at radius 3 is 2.71 bits per heavy atom. The molecule has 0 aliphatic carbocycles. The minimum absolute atomic E-state index is 0.100. The van der Waals surface area contributed by atoms with Crippen molar-refractivity contribution in [3.05, 3.63) is 35.4 Å². The van der Waals surface area contributed by atoms with Gasteiger partial charge in [0.05, 0.1) is 6.54 Å². The van der Waals surface area contributed by atoms with Gasteiger partial charge in [-0.25, -0.2) is 13.8 Å². The first-order valence-corrected chi connectivity index (χ1v) is 5.46. The number of hydrogen-bond donors (Lipinski definition) is 2. The first-order valence-electron chi connectivity index (χ1n) is 5.46. The van der Waals surface area contributed by atoms with Gasteiger partial charge in [-0.15, -0.1) is 0 Å². The fraction of sp³-hybridized carbons (Fsp3) is 0.417. The molecule has 0 saturated carbocycles. The smallest absolute Gasteiger partial charge is 0.188 e. The summed E-state index contributed by atoms with van der Waals surface area (Å²) in [5, 5.41) is 2.91. The molecule has 3 nitrogen and oxygen atoms in total. The Bertz CT molecular complexity index is 403. The number of aliphatic imine (C=N–C) groups is 1. The second-order valence-electron chi connectivity index (χ2n) is 4.21. The van der Waals surface area contributed by atoms with Crippen LogP contribution >= 0.6 is 0 Å². The zero-order valence-electron chi connectivity index (χ0n) is 10.0. The largest absolute Gasteiger partial charge is 0.370 e. The predicted octanol–water partition coefficient (Wildman–Crippen LogP) is 2.03. The zero-order chi connectivity index (χ0) is 12.8. The summed E-state index contributed by atoms with van der Waals surface area (Å²) in [6.45, 7) is 4.89. The maximum atomic E-state index is 13.2. The fourth-order valence-electron chi connectivity index (χ4n) is 1.18. The zero-order valence-corrected chi connectivity index (χ0v) is 10.0. The van der Waals surface area contributed by atoms with Crippen molar-refractivity contribution in [1.29, 1.82) is 0 Å². The van der Waals surface area contributed by atoms with Crippen LogP contribution in [0.5, 0.6) is 0 Å². The number of nitrogens with one attached hydrogen (secondary N) is 1. The van der Waals surface area contributed by atoms with Crippen LogP contribution in [0.4, 0.5) is 8.78 Å². The summed E-state index contributed by atoms with van der Waals surface area (Å²) in [6.07, 6.45) is 0. The van der Waals surface area contributed by atoms with E-state index in [0.29, 0.717) is 18.0 Å². The van der Waals surface area contributed by atoms with E-state index in [2.05, 4.69) is 10.3 Å². The molecular weight excluding hydrogens is 224 g/mol. The lowest BCUT2D eigenvalue weighted by Gasteiger charge is -2.08. The Hall–Kier alpha value is -1.65. The topological polar surface area (TPSA) is 50.4 Å². The SMILES string of the molecule is CC(C)CNC(N)=NCc1ccc(F)cc1F. The van der Waals surface area contributed by atoms with Crippen molar-refractivity contribution < 1.29 is 8.78 Å². The molecule has 1 rings (SSSR count). The number of benzene rings is 1. The Balaban J connectivity index is 2.56. The van der Waals surface area contributed by atoms with Gasteiger partial charge >= 0.3 is 0 Å². The van der Waals surface area contributed by atoms with E-state index in [1.165, 1.54) is 12.1 Å². The summed E-state index contributed by atoms with van der Waals surface area (Å²) in [4.78, 5) is 3.98. The van der Waals surface area contributed by atoms with Crippen molar-refractivity contribution in [1.82, 2.24) is 5.32 Å². The summed E-state index contributed by atoms with van der Waals surface area (Å²) in [6, 6.07) is 3.40. The molecule has 0 amide bonds. The van der Waals surface area contributed by atoms with Crippen molar-refractivity contribution in [3.8, 4) is 0 Å². The van der Waals surface area contributed by atoms with E-state index < -0.39 is 11.6 Å². The van der Waals surface area contributed by atoms with Gasteiger partial charge in [0.15, 0.2) is 5.96 Å². The highest BCUT2D eigenvalue weighted by Gasteiger charge is 2.03. The normalized spacial score (nSPS) is 11.9. The lowest BCUT2D eigenvalue weighted by atomic mass is 10.2. The molecule has 1 aromatic rings. The molecule has 17 heavy (non-hydrogen) atoms. The maximum Gasteiger partial charge on any atom is 0.188 e. The second-order valence-corrected chi connectivity index (χ2v) is 4.21. The van der Waals surface area contributed by atoms with E-state index in [9.17, 15) is 8.78 Å². The van der Waals surface area contributed by atoms with E-state index in [1.54, 1.807) is 0 Å². The first kappa shape index (κ1) is 13.4. The Morgan fingerprint density at radius 2 is 2.12 bits per heavy atom. The molecule has 94 valence electrons. The molecule has 0 fully saturated rings. The van der Waals surface area contributed by atoms with Gasteiger partial charge in [-0.2, -0.15) is 0 Å². The summed E-state index contributed by atoms with van der Waals surface area (Å²) >= 11 is 0. The quantitative estimate of drug-likeness (QED) is 0.626. The molecule has 0 atom stereocenters. The lowest BCUT2D eigenvalue weighted by molar-refractivity contribution is 0.572. The van der Waals surface area contributed by atoms with E-state index in [-0.39, 0.29) is 12.5 Å². The van der Waals surface area contributed by atoms with Crippen molar-refractivity contribution in [2.45, 2.75) is 20.4 Å². The third kappa shape index (κ3) is 4.80. The van der Waals surface area contributed by atoms with Crippen LogP contribution in [-0.4, -0.2) is 12.5 Å². The van der Waals surface area contributed by atoms with Gasteiger partial charge in [0.2, 0.25) is 0 Å². The summed E-state index contributed by atoms with van der Waals surface area (Å²) < 4.78 is 25.9. The van der Waals surface area contributed by atoms with Crippen LogP contribution in [0.2, 0.25) is 0 Å². The van der Waals surface area contributed by atoms with Crippen LogP contribution < -0.4 is 11.1 Å². The van der Waals surface area contributed by atoms with Gasteiger partial charge in [0, 0.05) is 18.2 Å². The number of rotatable bonds is 4. The average molecular weight is 241 g/mol. The van der Waals surface area contributed by atoms with Crippen LogP contribution in [0, 0.1) is 17.6 Å². The number of hydrogen-bond acceptors (Lipinski definition) is 1. The highest BCUT2D eigenvalue weighted by Crippen LogP contribution is 2.10. The van der Waals surface area contributed by atoms with Gasteiger partial charge in [-0.1, -0.05) is 19.9 Å². The molecule has 1 aromatic carbocycles. The molecule has 0 heterocycles. The Kier molecular flexibility index (Phi) is 4.87. The van der Waals surface area contributed by atoms with Gasteiger partial charge in [0.25, 0.3) is 0 Å². The molecule has 0 unspecified atom stereocenters. The molecular formula is C12H17F2N3. The Morgan fingerprint density at radius 1 is 1.41 bits per heavy atom. The average Bonchev–Trinajstić information content (AvgIpc) is 2.25. The number of nitrogens with zero attached hydrogens (tertiary/aromatic N) is 1. The molecule has 0 aliphatic rings. The highest BCUT2D eigenvalue weighted by atomic mass is 19.1. The molecule has 3 N–H and O–H groups in total. The van der Waals surface area contributed by atoms with Crippen LogP contribution in [0.25, 0.3) is 0 Å². The van der Waals surface area contributed by atoms with E-state index in [0.717, 1.165) is 6.07 Å². The molecule has 0 aromatic heterocycles. The summed E-state index contributed by atoms with van der Waals surface area (Å²) in [5.41, 5.74) is 5.91. The predicted molar refractivity (Wildman–Crippen MR) is 64.5 cm³/mol. The van der Waals surface area contributed by atoms with Crippen LogP contribution in [0.15, 0.2) is 23.2 Å². The first-order chi connectivity index (χ1) is 7.99. The minimum Gasteiger partial charge on any atom is -0.370 e. The van der Waals surface area contributed by atoms with Gasteiger partial charge in [-0.3, -0.25) is 0 Å². The van der Waals surface area contributed by atoms with E-state index in [4.69, 9.17) is 5.73 Å². The lowest BCUT2D eigenvalue weighted by Crippen LogP contribution is -2.34. The summed E-state index contributed by atoms with van der Waals surface area (Å²) in [5.74, 6) is -0.486. The highest BCUT2D eigenvalue weighted by molar-refractivity contribution is 5.77. The van der Waals surface area contributed by atoms with Crippen LogP contribution in [-0.2, 0) is 6.54 Å². The van der Waals surface area contributed by atoms with Crippen molar-refractivity contribution in [2.75, 3.05) is 6.54 Å². The van der Waals surface area contributed by atoms with Crippen molar-refractivity contribution in [2.24, 2.45) is 16.6 Å². The molecule has 0 radical (unpaired) electrons. The van der Waals surface area contributed by atoms with Gasteiger partial charge in [-0.05, 0) is 12.0 Å². The van der Waals surface area contributed by atoms with Crippen LogP contribution in [0.1, 0.15) is 19.4 Å². The Labute approximate surface area is 99.7 Å². The third-order valence-corrected chi connectivity index (χ3v) is 2.13. The third-order valence-electron chi connectivity index (χ3n) is 2.13. The standard InChI is InChI=1S/C12H17F2N3/c1-8(2)6-16-12(15)17-7-9-3-4-10(13)5-11(9)14/h3-5,8H,6-7H2,1-2H3,(H3,15,16,17). The molecule has 0 spiro atoms. The molecule has 5 heteroatoms. The van der Waals surface area contributed by atoms with Crippen molar-refractivity contribution >= 4 is 5.96 Å². The number of halogens is 2. The fourth-order valence-corrected chi connectivity index (χ4v) is 1.18. The minimum atomic E-state index is -0.606. The maximum absolute atomic E-state index is 13.2. The number of nitrogens with two attached hydrogens (primary N) is 1. The number of guanidine groups is 1. The van der Waals surface area contributed by atoms with E-state index in [1.807, 2.05) is 13.8 Å². The van der Waals surface area contributed by atoms with Gasteiger partial charge < -0.3 is 11.1 Å². The summed E-state index contributed by atoms with van der Waals surface area (Å²) in [7, 11) is 0. The van der Waals surface area contributed by atoms with Gasteiger partial charge in [0.1, 0.15) is 11.6 Å². The molecule has 0 saturated heterocycles. The second kappa shape index (κ2) is 6.18. The monoisotopic (exact) mass is 241 g/mol. The van der Waals surface area contributed by atoms with Crippen molar-refractivity contribution in [3.63, 3.8) is 0 Å². The van der Waals surface area contributed by atoms with Crippen LogP contribution in [0.3, 0.4) is 0 Å².